The summed E-state index contributed by atoms with van der Waals surface area (Å²) in [5.41, 5.74) is 8.31. The van der Waals surface area contributed by atoms with Gasteiger partial charge in [0, 0.05) is 37.3 Å². The van der Waals surface area contributed by atoms with E-state index < -0.39 is 0 Å². The monoisotopic (exact) mass is 452 g/mol. The molecular formula is C30H32N2O2. The molecule has 1 heterocycles. The van der Waals surface area contributed by atoms with Crippen molar-refractivity contribution in [2.24, 2.45) is 0 Å². The number of allylic oxidation sites excluding steroid dienone is 1. The highest BCUT2D eigenvalue weighted by Gasteiger charge is 2.44. The van der Waals surface area contributed by atoms with Gasteiger partial charge in [0.25, 0.3) is 0 Å². The maximum atomic E-state index is 10.3. The molecule has 3 aliphatic rings. The third-order valence-corrected chi connectivity index (χ3v) is 7.98. The van der Waals surface area contributed by atoms with Gasteiger partial charge in [-0.1, -0.05) is 37.3 Å². The first-order valence-electron chi connectivity index (χ1n) is 12.5. The minimum Gasteiger partial charge on any atom is -0.508 e. The molecule has 0 amide bonds. The van der Waals surface area contributed by atoms with Crippen LogP contribution in [0.4, 0.5) is 5.69 Å². The standard InChI is InChI=1S/C30H32N2O2/c1-2-13-31-14-16-32(17-15-31)23-5-3-21(4-6-23)27-20-30(29-10-8-25(34)19-26(27)29)12-11-22-18-24(33)7-9-28(22)30/h3-10,18-20,33-34H,2,11-17H2,1H3. The number of aryl methyl sites for hydroxylation is 1. The summed E-state index contributed by atoms with van der Waals surface area (Å²) in [7, 11) is 0. The lowest BCUT2D eigenvalue weighted by Crippen LogP contribution is -2.46. The van der Waals surface area contributed by atoms with Crippen LogP contribution in [0.15, 0.2) is 66.7 Å². The molecule has 0 aromatic heterocycles. The molecule has 0 radical (unpaired) electrons. The molecule has 3 aromatic carbocycles. The van der Waals surface area contributed by atoms with Gasteiger partial charge in [-0.15, -0.1) is 0 Å². The minimum atomic E-state index is -0.199. The van der Waals surface area contributed by atoms with Gasteiger partial charge in [0.15, 0.2) is 0 Å². The highest BCUT2D eigenvalue weighted by atomic mass is 16.3. The van der Waals surface area contributed by atoms with Crippen molar-refractivity contribution in [3.63, 3.8) is 0 Å². The van der Waals surface area contributed by atoms with Crippen LogP contribution in [0.2, 0.25) is 0 Å². The Bertz CT molecular complexity index is 1260. The number of piperazine rings is 1. The van der Waals surface area contributed by atoms with Gasteiger partial charge in [-0.2, -0.15) is 0 Å². The summed E-state index contributed by atoms with van der Waals surface area (Å²) in [6.45, 7) is 7.85. The van der Waals surface area contributed by atoms with E-state index in [2.05, 4.69) is 59.2 Å². The van der Waals surface area contributed by atoms with Gasteiger partial charge < -0.3 is 15.1 Å². The number of hydrogen-bond acceptors (Lipinski definition) is 4. The number of benzene rings is 3. The third kappa shape index (κ3) is 3.40. The second-order valence-electron chi connectivity index (χ2n) is 9.98. The first kappa shape index (κ1) is 21.3. The molecule has 4 nitrogen and oxygen atoms in total. The van der Waals surface area contributed by atoms with Crippen LogP contribution in [0, 0.1) is 0 Å². The predicted molar refractivity (Wildman–Crippen MR) is 138 cm³/mol. The minimum absolute atomic E-state index is 0.199. The van der Waals surface area contributed by atoms with Crippen molar-refractivity contribution in [1.82, 2.24) is 4.90 Å². The van der Waals surface area contributed by atoms with Crippen LogP contribution in [0.5, 0.6) is 11.5 Å². The molecule has 6 rings (SSSR count). The number of aromatic hydroxyl groups is 2. The zero-order valence-electron chi connectivity index (χ0n) is 19.8. The highest BCUT2D eigenvalue weighted by Crippen LogP contribution is 2.54. The van der Waals surface area contributed by atoms with Gasteiger partial charge >= 0.3 is 0 Å². The van der Waals surface area contributed by atoms with Crippen molar-refractivity contribution >= 4 is 11.3 Å². The average molecular weight is 453 g/mol. The van der Waals surface area contributed by atoms with Crippen molar-refractivity contribution < 1.29 is 10.2 Å². The number of rotatable bonds is 4. The number of nitrogens with zero attached hydrogens (tertiary/aromatic N) is 2. The molecule has 0 saturated carbocycles. The van der Waals surface area contributed by atoms with E-state index in [1.165, 1.54) is 46.5 Å². The SMILES string of the molecule is CCCN1CCN(c2ccc(C3=CC4(CCc5cc(O)ccc54)c4ccc(O)cc43)cc2)CC1. The highest BCUT2D eigenvalue weighted by molar-refractivity contribution is 5.89. The molecule has 1 saturated heterocycles. The van der Waals surface area contributed by atoms with Gasteiger partial charge in [-0.25, -0.2) is 0 Å². The fourth-order valence-corrected chi connectivity index (χ4v) is 6.30. The average Bonchev–Trinajstić information content (AvgIpc) is 3.38. The van der Waals surface area contributed by atoms with Gasteiger partial charge in [-0.05, 0) is 95.6 Å². The van der Waals surface area contributed by atoms with Gasteiger partial charge in [0.1, 0.15) is 11.5 Å². The summed E-state index contributed by atoms with van der Waals surface area (Å²) >= 11 is 0. The second kappa shape index (κ2) is 8.21. The Labute approximate surface area is 201 Å². The molecule has 4 heteroatoms. The number of anilines is 1. The van der Waals surface area contributed by atoms with Gasteiger partial charge in [0.05, 0.1) is 0 Å². The largest absolute Gasteiger partial charge is 0.508 e. The van der Waals surface area contributed by atoms with Crippen molar-refractivity contribution in [3.8, 4) is 11.5 Å². The molecule has 1 spiro atoms. The predicted octanol–water partition coefficient (Wildman–Crippen LogP) is 5.31. The fourth-order valence-electron chi connectivity index (χ4n) is 6.30. The number of hydrogen-bond donors (Lipinski definition) is 2. The van der Waals surface area contributed by atoms with Crippen molar-refractivity contribution in [1.29, 1.82) is 0 Å². The molecule has 2 aliphatic carbocycles. The molecule has 1 fully saturated rings. The molecule has 0 bridgehead atoms. The van der Waals surface area contributed by atoms with E-state index in [1.807, 2.05) is 12.1 Å². The Morgan fingerprint density at radius 2 is 1.53 bits per heavy atom. The van der Waals surface area contributed by atoms with Crippen molar-refractivity contribution in [2.45, 2.75) is 31.6 Å². The van der Waals surface area contributed by atoms with Gasteiger partial charge in [0.2, 0.25) is 0 Å². The summed E-state index contributed by atoms with van der Waals surface area (Å²) < 4.78 is 0. The van der Waals surface area contributed by atoms with E-state index in [0.29, 0.717) is 11.5 Å². The molecule has 34 heavy (non-hydrogen) atoms. The molecule has 2 N–H and O–H groups in total. The summed E-state index contributed by atoms with van der Waals surface area (Å²) in [5.74, 6) is 0.627. The normalized spacial score (nSPS) is 21.6. The molecule has 3 aromatic rings. The first-order chi connectivity index (χ1) is 16.6. The topological polar surface area (TPSA) is 46.9 Å². The van der Waals surface area contributed by atoms with Crippen LogP contribution < -0.4 is 4.90 Å². The smallest absolute Gasteiger partial charge is 0.116 e. The summed E-state index contributed by atoms with van der Waals surface area (Å²) in [6.07, 6.45) is 5.54. The van der Waals surface area contributed by atoms with Crippen LogP contribution in [0.3, 0.4) is 0 Å². The molecule has 1 atom stereocenters. The van der Waals surface area contributed by atoms with E-state index in [1.54, 1.807) is 12.1 Å². The van der Waals surface area contributed by atoms with Crippen LogP contribution >= 0.6 is 0 Å². The Balaban J connectivity index is 1.35. The van der Waals surface area contributed by atoms with Crippen LogP contribution in [-0.2, 0) is 11.8 Å². The lowest BCUT2D eigenvalue weighted by Gasteiger charge is -2.36. The summed E-state index contributed by atoms with van der Waals surface area (Å²) in [6, 6.07) is 20.6. The molecular weight excluding hydrogens is 420 g/mol. The quantitative estimate of drug-likeness (QED) is 0.563. The third-order valence-electron chi connectivity index (χ3n) is 7.98. The Hall–Kier alpha value is -3.24. The Morgan fingerprint density at radius 3 is 2.26 bits per heavy atom. The number of fused-ring (bicyclic) bond motifs is 4. The lowest BCUT2D eigenvalue weighted by atomic mass is 9.77. The molecule has 1 aliphatic heterocycles. The Kier molecular flexibility index (Phi) is 5.14. The van der Waals surface area contributed by atoms with E-state index in [-0.39, 0.29) is 5.41 Å². The van der Waals surface area contributed by atoms with Crippen LogP contribution in [0.1, 0.15) is 47.6 Å². The first-order valence-corrected chi connectivity index (χ1v) is 12.5. The molecule has 1 unspecified atom stereocenters. The molecule has 174 valence electrons. The fraction of sp³-hybridized carbons (Fsp3) is 0.333. The number of phenolic OH excluding ortho intramolecular Hbond substituents is 2. The van der Waals surface area contributed by atoms with Crippen LogP contribution in [0.25, 0.3) is 5.57 Å². The zero-order valence-corrected chi connectivity index (χ0v) is 19.8. The van der Waals surface area contributed by atoms with E-state index >= 15 is 0 Å². The summed E-state index contributed by atoms with van der Waals surface area (Å²) in [5, 5.41) is 20.3. The maximum absolute atomic E-state index is 10.3. The van der Waals surface area contributed by atoms with E-state index in [0.717, 1.165) is 44.6 Å². The summed E-state index contributed by atoms with van der Waals surface area (Å²) in [4.78, 5) is 5.04. The number of phenols is 2. The lowest BCUT2D eigenvalue weighted by molar-refractivity contribution is 0.258. The zero-order chi connectivity index (χ0) is 23.3. The maximum Gasteiger partial charge on any atom is 0.116 e. The van der Waals surface area contributed by atoms with Crippen LogP contribution in [-0.4, -0.2) is 47.8 Å². The van der Waals surface area contributed by atoms with E-state index in [9.17, 15) is 10.2 Å². The Morgan fingerprint density at radius 1 is 0.824 bits per heavy atom. The van der Waals surface area contributed by atoms with E-state index in [4.69, 9.17) is 0 Å². The van der Waals surface area contributed by atoms with Crippen molar-refractivity contribution in [2.75, 3.05) is 37.6 Å². The second-order valence-corrected chi connectivity index (χ2v) is 9.98. The van der Waals surface area contributed by atoms with Crippen molar-refractivity contribution in [3.05, 3.63) is 94.6 Å². The van der Waals surface area contributed by atoms with Gasteiger partial charge in [-0.3, -0.25) is 4.90 Å².